The molecule has 2 atom stereocenters. The fraction of sp³-hybridized carbons (Fsp3) is 0.476. The van der Waals surface area contributed by atoms with E-state index in [-0.39, 0.29) is 29.5 Å². The van der Waals surface area contributed by atoms with Crippen molar-refractivity contribution in [2.45, 2.75) is 45.8 Å². The van der Waals surface area contributed by atoms with Crippen molar-refractivity contribution in [2.24, 2.45) is 5.92 Å². The van der Waals surface area contributed by atoms with Crippen molar-refractivity contribution in [3.05, 3.63) is 46.2 Å². The summed E-state index contributed by atoms with van der Waals surface area (Å²) in [7, 11) is 0. The Bertz CT molecular complexity index is 1140. The number of nitrogens with one attached hydrogen (secondary N) is 1. The summed E-state index contributed by atoms with van der Waals surface area (Å²) >= 11 is 0.458. The Kier molecular flexibility index (Phi) is 6.37. The molecule has 0 aliphatic carbocycles. The molecular formula is C21H24F3N7OS. The number of halogens is 3. The Labute approximate surface area is 192 Å². The van der Waals surface area contributed by atoms with Crippen LogP contribution in [-0.2, 0) is 6.18 Å². The minimum atomic E-state index is -4.53. The van der Waals surface area contributed by atoms with Crippen LogP contribution in [0.5, 0.6) is 0 Å². The Morgan fingerprint density at radius 1 is 1.27 bits per heavy atom. The number of aryl methyl sites for hydroxylation is 2. The number of hydrogen-bond acceptors (Lipinski definition) is 7. The van der Waals surface area contributed by atoms with E-state index in [0.717, 1.165) is 24.1 Å². The number of nitrogens with zero attached hydrogens (tertiary/aromatic N) is 6. The van der Waals surface area contributed by atoms with E-state index in [4.69, 9.17) is 0 Å². The Hall–Kier alpha value is -3.02. The molecule has 3 heterocycles. The monoisotopic (exact) mass is 479 g/mol. The molecule has 1 aliphatic heterocycles. The summed E-state index contributed by atoms with van der Waals surface area (Å²) in [6.45, 7) is 6.61. The van der Waals surface area contributed by atoms with Crippen molar-refractivity contribution < 1.29 is 18.0 Å². The van der Waals surface area contributed by atoms with Crippen LogP contribution in [0.3, 0.4) is 0 Å². The molecule has 1 unspecified atom stereocenters. The zero-order valence-corrected chi connectivity index (χ0v) is 19.2. The Morgan fingerprint density at radius 3 is 2.73 bits per heavy atom. The molecule has 3 aromatic rings. The molecule has 0 bridgehead atoms. The van der Waals surface area contributed by atoms with Crippen LogP contribution in [0.1, 0.15) is 46.4 Å². The maximum Gasteiger partial charge on any atom is 0.445 e. The number of piperidine rings is 1. The van der Waals surface area contributed by atoms with Gasteiger partial charge in [0.15, 0.2) is 0 Å². The van der Waals surface area contributed by atoms with E-state index in [2.05, 4.69) is 25.7 Å². The maximum absolute atomic E-state index is 13.7. The summed E-state index contributed by atoms with van der Waals surface area (Å²) < 4.78 is 38.5. The molecule has 0 radical (unpaired) electrons. The first-order chi connectivity index (χ1) is 15.6. The molecule has 1 N–H and O–H groups in total. The van der Waals surface area contributed by atoms with Gasteiger partial charge in [0.25, 0.3) is 5.91 Å². The van der Waals surface area contributed by atoms with Gasteiger partial charge in [0, 0.05) is 13.1 Å². The topological polar surface area (TPSA) is 88.8 Å². The van der Waals surface area contributed by atoms with Crippen molar-refractivity contribution in [3.63, 3.8) is 0 Å². The zero-order chi connectivity index (χ0) is 23.8. The molecule has 2 aromatic heterocycles. The number of rotatable bonds is 5. The number of likely N-dealkylation sites (tertiary alicyclic amines) is 1. The average molecular weight is 480 g/mol. The summed E-state index contributed by atoms with van der Waals surface area (Å²) in [5.41, 5.74) is 2.74. The number of hydrogen-bond donors (Lipinski definition) is 1. The quantitative estimate of drug-likeness (QED) is 0.593. The van der Waals surface area contributed by atoms with Gasteiger partial charge in [0.2, 0.25) is 10.1 Å². The van der Waals surface area contributed by atoms with Crippen LogP contribution in [0, 0.1) is 19.8 Å². The van der Waals surface area contributed by atoms with Crippen molar-refractivity contribution in [3.8, 4) is 5.69 Å². The number of carbonyl (C=O) groups is 1. The second kappa shape index (κ2) is 9.08. The van der Waals surface area contributed by atoms with Crippen LogP contribution in [-0.4, -0.2) is 55.1 Å². The van der Waals surface area contributed by atoms with E-state index in [1.807, 2.05) is 39.0 Å². The van der Waals surface area contributed by atoms with Gasteiger partial charge in [-0.15, -0.1) is 10.2 Å². The van der Waals surface area contributed by atoms with Crippen molar-refractivity contribution in [1.82, 2.24) is 30.1 Å². The number of amides is 1. The highest BCUT2D eigenvalue weighted by atomic mass is 32.1. The van der Waals surface area contributed by atoms with E-state index >= 15 is 0 Å². The highest BCUT2D eigenvalue weighted by Gasteiger charge is 2.37. The van der Waals surface area contributed by atoms with Crippen LogP contribution in [0.2, 0.25) is 0 Å². The van der Waals surface area contributed by atoms with Gasteiger partial charge in [-0.25, -0.2) is 0 Å². The second-order valence-electron chi connectivity index (χ2n) is 8.27. The normalized spacial score (nSPS) is 19.0. The van der Waals surface area contributed by atoms with E-state index in [1.165, 1.54) is 4.80 Å². The van der Waals surface area contributed by atoms with E-state index < -0.39 is 11.2 Å². The number of alkyl halides is 3. The molecule has 1 aromatic carbocycles. The van der Waals surface area contributed by atoms with Gasteiger partial charge in [-0.1, -0.05) is 29.9 Å². The van der Waals surface area contributed by atoms with Crippen LogP contribution in [0.4, 0.5) is 18.3 Å². The third-order valence-corrected chi connectivity index (χ3v) is 6.64. The molecule has 1 amide bonds. The number of carbonyl (C=O) groups excluding carboxylic acids is 1. The van der Waals surface area contributed by atoms with Crippen molar-refractivity contribution in [1.29, 1.82) is 0 Å². The smallest absolute Gasteiger partial charge is 0.358 e. The Morgan fingerprint density at radius 2 is 2.06 bits per heavy atom. The Balaban J connectivity index is 1.58. The van der Waals surface area contributed by atoms with E-state index in [1.54, 1.807) is 11.1 Å². The fourth-order valence-electron chi connectivity index (χ4n) is 4.02. The molecular weight excluding hydrogens is 455 g/mol. The minimum Gasteiger partial charge on any atom is -0.358 e. The number of anilines is 1. The van der Waals surface area contributed by atoms with Crippen molar-refractivity contribution in [2.75, 3.05) is 18.4 Å². The summed E-state index contributed by atoms with van der Waals surface area (Å²) in [6, 6.07) is 5.32. The fourth-order valence-corrected chi connectivity index (χ4v) is 4.64. The second-order valence-corrected chi connectivity index (χ2v) is 9.25. The number of benzene rings is 1. The first-order valence-electron chi connectivity index (χ1n) is 10.6. The predicted molar refractivity (Wildman–Crippen MR) is 117 cm³/mol. The summed E-state index contributed by atoms with van der Waals surface area (Å²) in [5.74, 6) is -0.00112. The highest BCUT2D eigenvalue weighted by molar-refractivity contribution is 7.15. The molecule has 0 saturated carbocycles. The van der Waals surface area contributed by atoms with Crippen molar-refractivity contribution >= 4 is 22.4 Å². The minimum absolute atomic E-state index is 0.0833. The SMILES string of the molecule is Cc1ccc(-n2ncc(C)n2)c(C(=O)N2CCCC(C)[C@H]2CNc2nnc(C(F)(F)F)s2)c1. The lowest BCUT2D eigenvalue weighted by Crippen LogP contribution is -2.51. The highest BCUT2D eigenvalue weighted by Crippen LogP contribution is 2.33. The molecule has 176 valence electrons. The lowest BCUT2D eigenvalue weighted by Gasteiger charge is -2.40. The molecule has 0 spiro atoms. The van der Waals surface area contributed by atoms with Gasteiger partial charge >= 0.3 is 6.18 Å². The molecule has 8 nitrogen and oxygen atoms in total. The van der Waals surface area contributed by atoms with Crippen LogP contribution in [0.15, 0.2) is 24.4 Å². The molecule has 12 heteroatoms. The molecule has 4 rings (SSSR count). The van der Waals surface area contributed by atoms with Gasteiger partial charge in [0.05, 0.1) is 29.2 Å². The number of aromatic nitrogens is 5. The molecule has 1 fully saturated rings. The summed E-state index contributed by atoms with van der Waals surface area (Å²) in [4.78, 5) is 17.0. The van der Waals surface area contributed by atoms with E-state index in [9.17, 15) is 18.0 Å². The lowest BCUT2D eigenvalue weighted by molar-refractivity contribution is -0.138. The van der Waals surface area contributed by atoms with Gasteiger partial charge in [-0.3, -0.25) is 4.79 Å². The van der Waals surface area contributed by atoms with Gasteiger partial charge in [0.1, 0.15) is 0 Å². The standard InChI is InChI=1S/C21H24F3N7OS/c1-12-6-7-16(31-26-10-14(3)29-31)15(9-12)18(32)30-8-4-5-13(2)17(30)11-25-20-28-27-19(33-20)21(22,23)24/h6-7,9-10,13,17H,4-5,8,11H2,1-3H3,(H,25,28)/t13?,17-/m1/s1. The average Bonchev–Trinajstić information content (AvgIpc) is 3.41. The largest absolute Gasteiger partial charge is 0.445 e. The zero-order valence-electron chi connectivity index (χ0n) is 18.4. The third-order valence-electron chi connectivity index (χ3n) is 5.71. The van der Waals surface area contributed by atoms with Gasteiger partial charge in [-0.2, -0.15) is 28.2 Å². The molecule has 33 heavy (non-hydrogen) atoms. The van der Waals surface area contributed by atoms with Gasteiger partial charge in [-0.05, 0) is 44.7 Å². The van der Waals surface area contributed by atoms with Crippen LogP contribution in [0.25, 0.3) is 5.69 Å². The summed E-state index contributed by atoms with van der Waals surface area (Å²) in [6.07, 6.45) is -1.14. The van der Waals surface area contributed by atoms with Crippen LogP contribution >= 0.6 is 11.3 Å². The van der Waals surface area contributed by atoms with Crippen LogP contribution < -0.4 is 5.32 Å². The predicted octanol–water partition coefficient (Wildman–Crippen LogP) is 4.11. The lowest BCUT2D eigenvalue weighted by atomic mass is 9.90. The summed E-state index contributed by atoms with van der Waals surface area (Å²) in [5, 5.41) is 17.5. The van der Waals surface area contributed by atoms with Gasteiger partial charge < -0.3 is 10.2 Å². The first-order valence-corrected chi connectivity index (χ1v) is 11.4. The first kappa shape index (κ1) is 23.1. The third kappa shape index (κ3) is 5.00. The maximum atomic E-state index is 13.7. The molecule has 1 aliphatic rings. The van der Waals surface area contributed by atoms with E-state index in [0.29, 0.717) is 29.1 Å². The molecule has 1 saturated heterocycles.